The highest BCUT2D eigenvalue weighted by Crippen LogP contribution is 2.48. The van der Waals surface area contributed by atoms with Gasteiger partial charge in [-0.3, -0.25) is 19.2 Å². The van der Waals surface area contributed by atoms with Crippen LogP contribution < -0.4 is 19.4 Å². The van der Waals surface area contributed by atoms with E-state index in [0.29, 0.717) is 36.0 Å². The summed E-state index contributed by atoms with van der Waals surface area (Å²) in [5.74, 6) is -0.475. The predicted octanol–water partition coefficient (Wildman–Crippen LogP) is 5.13. The van der Waals surface area contributed by atoms with E-state index in [9.17, 15) is 14.4 Å². The molecule has 5 rings (SSSR count). The fourth-order valence-electron chi connectivity index (χ4n) is 4.96. The van der Waals surface area contributed by atoms with E-state index in [1.165, 1.54) is 6.92 Å². The standard InChI is InChI=1S/C30H30N2O6/c1-4-17-37-24-16-13-21(18-25(24)36-5-2)27-26-28(38-32(27)23-9-7-6-8-10-23)30(35)31(29(26)34)22-14-11-20(12-15-22)19(3)33/h6-16,18,26-28H,4-5,17H2,1-3H3/t26-,27-,28-/m0/s1. The Kier molecular flexibility index (Phi) is 7.15. The summed E-state index contributed by atoms with van der Waals surface area (Å²) in [7, 11) is 0. The monoisotopic (exact) mass is 514 g/mol. The van der Waals surface area contributed by atoms with Gasteiger partial charge in [-0.15, -0.1) is 0 Å². The second-order valence-electron chi connectivity index (χ2n) is 9.26. The fourth-order valence-corrected chi connectivity index (χ4v) is 4.96. The van der Waals surface area contributed by atoms with Crippen molar-refractivity contribution in [2.75, 3.05) is 23.2 Å². The van der Waals surface area contributed by atoms with Crippen LogP contribution in [0.15, 0.2) is 72.8 Å². The lowest BCUT2D eigenvalue weighted by molar-refractivity contribution is -0.126. The van der Waals surface area contributed by atoms with Crippen LogP contribution in [0.3, 0.4) is 0 Å². The highest BCUT2D eigenvalue weighted by Gasteiger charge is 2.60. The Balaban J connectivity index is 1.55. The van der Waals surface area contributed by atoms with Crippen LogP contribution in [0.1, 0.15) is 49.2 Å². The Morgan fingerprint density at radius 3 is 2.26 bits per heavy atom. The number of rotatable bonds is 9. The SMILES string of the molecule is CCCOc1ccc([C@H]2[C@@H]3C(=O)N(c4ccc(C(C)=O)cc4)C(=O)[C@H]3ON2c2ccccc2)cc1OCC. The summed E-state index contributed by atoms with van der Waals surface area (Å²) in [4.78, 5) is 46.5. The number of carbonyl (C=O) groups excluding carboxylic acids is 3. The van der Waals surface area contributed by atoms with Crippen molar-refractivity contribution in [3.63, 3.8) is 0 Å². The maximum Gasteiger partial charge on any atom is 0.266 e. The molecule has 2 aliphatic heterocycles. The predicted molar refractivity (Wildman–Crippen MR) is 142 cm³/mol. The van der Waals surface area contributed by atoms with Gasteiger partial charge in [0.1, 0.15) is 5.92 Å². The average molecular weight is 515 g/mol. The maximum absolute atomic E-state index is 13.9. The molecular formula is C30H30N2O6. The zero-order chi connectivity index (χ0) is 26.8. The number of fused-ring (bicyclic) bond motifs is 1. The van der Waals surface area contributed by atoms with Crippen LogP contribution in [0.2, 0.25) is 0 Å². The first-order chi connectivity index (χ1) is 18.4. The van der Waals surface area contributed by atoms with E-state index in [4.69, 9.17) is 14.3 Å². The molecule has 0 saturated carbocycles. The van der Waals surface area contributed by atoms with Crippen LogP contribution in [0.25, 0.3) is 0 Å². The minimum Gasteiger partial charge on any atom is -0.490 e. The van der Waals surface area contributed by atoms with Crippen molar-refractivity contribution in [3.05, 3.63) is 83.9 Å². The Hall–Kier alpha value is -4.17. The fraction of sp³-hybridized carbons (Fsp3) is 0.300. The number of nitrogens with zero attached hydrogens (tertiary/aromatic N) is 2. The molecule has 3 aromatic carbocycles. The van der Waals surface area contributed by atoms with Crippen molar-refractivity contribution in [2.45, 2.75) is 39.3 Å². The van der Waals surface area contributed by atoms with Gasteiger partial charge in [-0.25, -0.2) is 9.96 Å². The van der Waals surface area contributed by atoms with E-state index < -0.39 is 24.0 Å². The molecule has 2 fully saturated rings. The maximum atomic E-state index is 13.9. The Bertz CT molecular complexity index is 1340. The average Bonchev–Trinajstić information content (AvgIpc) is 3.44. The van der Waals surface area contributed by atoms with Crippen LogP contribution in [0.5, 0.6) is 11.5 Å². The van der Waals surface area contributed by atoms with Gasteiger partial charge >= 0.3 is 0 Å². The Morgan fingerprint density at radius 1 is 0.868 bits per heavy atom. The van der Waals surface area contributed by atoms with E-state index in [-0.39, 0.29) is 11.7 Å². The van der Waals surface area contributed by atoms with Gasteiger partial charge in [0.2, 0.25) is 5.91 Å². The van der Waals surface area contributed by atoms with Gasteiger partial charge in [-0.2, -0.15) is 0 Å². The molecular weight excluding hydrogens is 484 g/mol. The first-order valence-corrected chi connectivity index (χ1v) is 12.8. The first kappa shape index (κ1) is 25.5. The van der Waals surface area contributed by atoms with Gasteiger partial charge in [0, 0.05) is 5.56 Å². The molecule has 38 heavy (non-hydrogen) atoms. The molecule has 3 aromatic rings. The second-order valence-corrected chi connectivity index (χ2v) is 9.26. The zero-order valence-electron chi connectivity index (χ0n) is 21.6. The first-order valence-electron chi connectivity index (χ1n) is 12.8. The molecule has 0 radical (unpaired) electrons. The summed E-state index contributed by atoms with van der Waals surface area (Å²) in [6.07, 6.45) is -0.137. The summed E-state index contributed by atoms with van der Waals surface area (Å²) in [5, 5.41) is 1.65. The largest absolute Gasteiger partial charge is 0.490 e. The van der Waals surface area contributed by atoms with E-state index >= 15 is 0 Å². The molecule has 196 valence electrons. The van der Waals surface area contributed by atoms with Gasteiger partial charge in [-0.05, 0) is 74.4 Å². The van der Waals surface area contributed by atoms with Gasteiger partial charge in [0.05, 0.1) is 30.6 Å². The van der Waals surface area contributed by atoms with Crippen LogP contribution in [0, 0.1) is 5.92 Å². The number of hydrogen-bond donors (Lipinski definition) is 0. The molecule has 0 unspecified atom stereocenters. The third kappa shape index (κ3) is 4.52. The molecule has 0 N–H and O–H groups in total. The number of carbonyl (C=O) groups is 3. The zero-order valence-corrected chi connectivity index (χ0v) is 21.6. The third-order valence-electron chi connectivity index (χ3n) is 6.73. The van der Waals surface area contributed by atoms with Crippen molar-refractivity contribution in [1.29, 1.82) is 0 Å². The number of anilines is 2. The minimum atomic E-state index is -0.994. The normalized spacial score (nSPS) is 20.6. The van der Waals surface area contributed by atoms with Crippen molar-refractivity contribution in [2.24, 2.45) is 5.92 Å². The summed E-state index contributed by atoms with van der Waals surface area (Å²) >= 11 is 0. The number of imide groups is 1. The number of benzene rings is 3. The highest BCUT2D eigenvalue weighted by atomic mass is 16.7. The molecule has 8 nitrogen and oxygen atoms in total. The lowest BCUT2D eigenvalue weighted by Gasteiger charge is -2.29. The molecule has 8 heteroatoms. The molecule has 2 amide bonds. The number of amides is 2. The molecule has 2 aliphatic rings. The lowest BCUT2D eigenvalue weighted by atomic mass is 9.90. The third-order valence-corrected chi connectivity index (χ3v) is 6.73. The summed E-state index contributed by atoms with van der Waals surface area (Å²) in [6.45, 7) is 6.40. The quantitative estimate of drug-likeness (QED) is 0.289. The number of ether oxygens (including phenoxy) is 2. The summed E-state index contributed by atoms with van der Waals surface area (Å²) < 4.78 is 11.8. The van der Waals surface area contributed by atoms with Gasteiger partial charge in [-0.1, -0.05) is 31.2 Å². The van der Waals surface area contributed by atoms with E-state index in [2.05, 4.69) is 0 Å². The van der Waals surface area contributed by atoms with Crippen LogP contribution in [-0.4, -0.2) is 36.9 Å². The highest BCUT2D eigenvalue weighted by molar-refractivity contribution is 6.24. The van der Waals surface area contributed by atoms with Crippen LogP contribution in [0.4, 0.5) is 11.4 Å². The van der Waals surface area contributed by atoms with Crippen molar-refractivity contribution >= 4 is 29.0 Å². The van der Waals surface area contributed by atoms with E-state index in [1.54, 1.807) is 29.3 Å². The molecule has 0 bridgehead atoms. The van der Waals surface area contributed by atoms with E-state index in [0.717, 1.165) is 22.6 Å². The molecule has 2 heterocycles. The molecule has 0 aromatic heterocycles. The van der Waals surface area contributed by atoms with Crippen LogP contribution in [-0.2, 0) is 14.4 Å². The molecule has 2 saturated heterocycles. The summed E-state index contributed by atoms with van der Waals surface area (Å²) in [5.41, 5.74) is 2.41. The summed E-state index contributed by atoms with van der Waals surface area (Å²) in [6, 6.07) is 20.9. The number of hydrogen-bond acceptors (Lipinski definition) is 7. The van der Waals surface area contributed by atoms with Crippen molar-refractivity contribution in [1.82, 2.24) is 0 Å². The van der Waals surface area contributed by atoms with Crippen molar-refractivity contribution < 1.29 is 28.7 Å². The Morgan fingerprint density at radius 2 is 1.61 bits per heavy atom. The molecule has 0 aliphatic carbocycles. The number of Topliss-reactive ketones (excluding diaryl/α,β-unsaturated/α-hetero) is 1. The number of ketones is 1. The smallest absolute Gasteiger partial charge is 0.266 e. The molecule has 3 atom stereocenters. The lowest BCUT2D eigenvalue weighted by Crippen LogP contribution is -2.37. The van der Waals surface area contributed by atoms with Gasteiger partial charge < -0.3 is 9.47 Å². The van der Waals surface area contributed by atoms with Gasteiger partial charge in [0.15, 0.2) is 23.4 Å². The second kappa shape index (κ2) is 10.7. The molecule has 0 spiro atoms. The number of para-hydroxylation sites is 1. The van der Waals surface area contributed by atoms with Crippen molar-refractivity contribution in [3.8, 4) is 11.5 Å². The number of hydroxylamine groups is 1. The topological polar surface area (TPSA) is 85.4 Å². The van der Waals surface area contributed by atoms with E-state index in [1.807, 2.05) is 62.4 Å². The van der Waals surface area contributed by atoms with Crippen LogP contribution >= 0.6 is 0 Å². The minimum absolute atomic E-state index is 0.0918. The Labute approximate surface area is 221 Å². The van der Waals surface area contributed by atoms with Gasteiger partial charge in [0.25, 0.3) is 5.91 Å².